The highest BCUT2D eigenvalue weighted by Crippen LogP contribution is 2.27. The smallest absolute Gasteiger partial charge is 0.139 e. The first kappa shape index (κ1) is 12.3. The number of nitrogens with one attached hydrogen (secondary N) is 1. The van der Waals surface area contributed by atoms with Gasteiger partial charge in [0.05, 0.1) is 22.4 Å². The number of benzene rings is 1. The molecular weight excluding hydrogens is 305 g/mol. The van der Waals surface area contributed by atoms with Crippen LogP contribution in [0.15, 0.2) is 22.8 Å². The van der Waals surface area contributed by atoms with Crippen molar-refractivity contribution in [3.05, 3.63) is 38.5 Å². The van der Waals surface area contributed by atoms with Gasteiger partial charge in [-0.05, 0) is 28.9 Å². The molecule has 3 N–H and O–H groups in total. The number of hydrogen-bond acceptors (Lipinski definition) is 4. The molecule has 6 heteroatoms. The monoisotopic (exact) mass is 315 g/mol. The Morgan fingerprint density at radius 3 is 2.94 bits per heavy atom. The predicted molar refractivity (Wildman–Crippen MR) is 72.7 cm³/mol. The molecule has 0 atom stereocenters. The van der Waals surface area contributed by atoms with E-state index in [0.717, 1.165) is 9.88 Å². The third-order valence-electron chi connectivity index (χ3n) is 2.19. The average molecular weight is 316 g/mol. The van der Waals surface area contributed by atoms with Gasteiger partial charge in [-0.3, -0.25) is 0 Å². The van der Waals surface area contributed by atoms with Crippen LogP contribution in [0.25, 0.3) is 0 Å². The van der Waals surface area contributed by atoms with E-state index in [2.05, 4.69) is 26.2 Å². The molecule has 0 unspecified atom stereocenters. The lowest BCUT2D eigenvalue weighted by Gasteiger charge is -2.08. The molecule has 17 heavy (non-hydrogen) atoms. The number of halogens is 2. The van der Waals surface area contributed by atoms with Crippen molar-refractivity contribution in [3.8, 4) is 0 Å². The Morgan fingerprint density at radius 2 is 2.29 bits per heavy atom. The van der Waals surface area contributed by atoms with E-state index in [4.69, 9.17) is 5.73 Å². The van der Waals surface area contributed by atoms with E-state index in [1.165, 1.54) is 6.07 Å². The van der Waals surface area contributed by atoms with Crippen LogP contribution in [0.5, 0.6) is 0 Å². The van der Waals surface area contributed by atoms with Crippen LogP contribution in [-0.2, 0) is 6.54 Å². The SMILES string of the molecule is Cc1cnc(CNc2cc(Br)c(F)cc2N)s1. The molecule has 90 valence electrons. The summed E-state index contributed by atoms with van der Waals surface area (Å²) in [5, 5.41) is 4.11. The molecule has 0 radical (unpaired) electrons. The number of nitrogen functional groups attached to an aromatic ring is 1. The molecule has 0 fully saturated rings. The fourth-order valence-corrected chi connectivity index (χ4v) is 2.44. The van der Waals surface area contributed by atoms with Crippen LogP contribution in [0.4, 0.5) is 15.8 Å². The number of aromatic nitrogens is 1. The molecule has 3 nitrogen and oxygen atoms in total. The topological polar surface area (TPSA) is 50.9 Å². The Labute approximate surface area is 111 Å². The first-order valence-corrected chi connectivity index (χ1v) is 6.57. The molecule has 0 amide bonds. The van der Waals surface area contributed by atoms with Gasteiger partial charge < -0.3 is 11.1 Å². The van der Waals surface area contributed by atoms with Crippen LogP contribution in [0.3, 0.4) is 0 Å². The molecular formula is C11H11BrFN3S. The van der Waals surface area contributed by atoms with E-state index in [1.54, 1.807) is 17.4 Å². The molecule has 0 bridgehead atoms. The molecule has 0 spiro atoms. The van der Waals surface area contributed by atoms with Gasteiger partial charge >= 0.3 is 0 Å². The molecule has 0 aliphatic heterocycles. The summed E-state index contributed by atoms with van der Waals surface area (Å²) >= 11 is 4.75. The van der Waals surface area contributed by atoms with Crippen molar-refractivity contribution in [1.29, 1.82) is 0 Å². The minimum atomic E-state index is -0.363. The summed E-state index contributed by atoms with van der Waals surface area (Å²) < 4.78 is 13.6. The van der Waals surface area contributed by atoms with Crippen molar-refractivity contribution < 1.29 is 4.39 Å². The zero-order valence-corrected chi connectivity index (χ0v) is 11.5. The maximum atomic E-state index is 13.2. The second kappa shape index (κ2) is 5.01. The van der Waals surface area contributed by atoms with Crippen LogP contribution in [0, 0.1) is 12.7 Å². The summed E-state index contributed by atoms with van der Waals surface area (Å²) in [5.74, 6) is -0.363. The lowest BCUT2D eigenvalue weighted by molar-refractivity contribution is 0.622. The van der Waals surface area contributed by atoms with Gasteiger partial charge in [0.2, 0.25) is 0 Å². The lowest BCUT2D eigenvalue weighted by atomic mass is 10.2. The number of nitrogens with two attached hydrogens (primary N) is 1. The molecule has 1 heterocycles. The van der Waals surface area contributed by atoms with E-state index >= 15 is 0 Å². The van der Waals surface area contributed by atoms with Crippen LogP contribution in [0.2, 0.25) is 0 Å². The zero-order chi connectivity index (χ0) is 12.4. The van der Waals surface area contributed by atoms with Gasteiger partial charge in [-0.2, -0.15) is 0 Å². The van der Waals surface area contributed by atoms with Gasteiger partial charge in [0.25, 0.3) is 0 Å². The maximum Gasteiger partial charge on any atom is 0.139 e. The fourth-order valence-electron chi connectivity index (χ4n) is 1.37. The van der Waals surface area contributed by atoms with Crippen LogP contribution >= 0.6 is 27.3 Å². The highest BCUT2D eigenvalue weighted by molar-refractivity contribution is 9.10. The molecule has 0 aliphatic rings. The quantitative estimate of drug-likeness (QED) is 0.852. The number of aryl methyl sites for hydroxylation is 1. The standard InChI is InChI=1S/C11H11BrFN3S/c1-6-4-16-11(17-6)5-15-10-2-7(12)8(13)3-9(10)14/h2-4,15H,5,14H2,1H3. The maximum absolute atomic E-state index is 13.2. The van der Waals surface area contributed by atoms with Gasteiger partial charge in [-0.1, -0.05) is 0 Å². The van der Waals surface area contributed by atoms with Gasteiger partial charge in [0.15, 0.2) is 0 Å². The van der Waals surface area contributed by atoms with Gasteiger partial charge in [-0.25, -0.2) is 9.37 Å². The Bertz CT molecular complexity index is 542. The molecule has 1 aromatic heterocycles. The van der Waals surface area contributed by atoms with Gasteiger partial charge in [0.1, 0.15) is 10.8 Å². The first-order valence-electron chi connectivity index (χ1n) is 4.96. The summed E-state index contributed by atoms with van der Waals surface area (Å²) in [4.78, 5) is 5.39. The Hall–Kier alpha value is -1.14. The van der Waals surface area contributed by atoms with Crippen molar-refractivity contribution in [1.82, 2.24) is 4.98 Å². The largest absolute Gasteiger partial charge is 0.397 e. The second-order valence-electron chi connectivity index (χ2n) is 3.57. The Kier molecular flexibility index (Phi) is 3.63. The summed E-state index contributed by atoms with van der Waals surface area (Å²) in [7, 11) is 0. The van der Waals surface area contributed by atoms with Crippen molar-refractivity contribution in [3.63, 3.8) is 0 Å². The zero-order valence-electron chi connectivity index (χ0n) is 9.13. The molecule has 2 rings (SSSR count). The van der Waals surface area contributed by atoms with E-state index < -0.39 is 0 Å². The molecule has 2 aromatic rings. The normalized spacial score (nSPS) is 10.5. The number of thiazole rings is 1. The summed E-state index contributed by atoms with van der Waals surface area (Å²) in [6.07, 6.45) is 1.83. The fraction of sp³-hybridized carbons (Fsp3) is 0.182. The number of rotatable bonds is 3. The van der Waals surface area contributed by atoms with Crippen LogP contribution in [-0.4, -0.2) is 4.98 Å². The number of anilines is 2. The average Bonchev–Trinajstić information content (AvgIpc) is 2.68. The highest BCUT2D eigenvalue weighted by Gasteiger charge is 2.06. The molecule has 1 aromatic carbocycles. The first-order chi connectivity index (χ1) is 8.06. The highest BCUT2D eigenvalue weighted by atomic mass is 79.9. The summed E-state index contributed by atoms with van der Waals surface area (Å²) in [6, 6.07) is 2.92. The third kappa shape index (κ3) is 2.95. The van der Waals surface area contributed by atoms with Crippen molar-refractivity contribution in [2.45, 2.75) is 13.5 Å². The molecule has 0 saturated carbocycles. The number of hydrogen-bond donors (Lipinski definition) is 2. The van der Waals surface area contributed by atoms with Crippen molar-refractivity contribution >= 4 is 38.6 Å². The van der Waals surface area contributed by atoms with Gasteiger partial charge in [-0.15, -0.1) is 11.3 Å². The summed E-state index contributed by atoms with van der Waals surface area (Å²) in [6.45, 7) is 2.59. The minimum absolute atomic E-state index is 0.363. The number of nitrogens with zero attached hydrogens (tertiary/aromatic N) is 1. The Balaban J connectivity index is 2.11. The van der Waals surface area contributed by atoms with Crippen molar-refractivity contribution in [2.24, 2.45) is 0 Å². The molecule has 0 saturated heterocycles. The van der Waals surface area contributed by atoms with Crippen LogP contribution < -0.4 is 11.1 Å². The van der Waals surface area contributed by atoms with E-state index in [0.29, 0.717) is 22.4 Å². The predicted octanol–water partition coefficient (Wildman–Crippen LogP) is 3.55. The van der Waals surface area contributed by atoms with E-state index in [1.807, 2.05) is 13.1 Å². The molecule has 0 aliphatic carbocycles. The van der Waals surface area contributed by atoms with E-state index in [-0.39, 0.29) is 5.82 Å². The summed E-state index contributed by atoms with van der Waals surface area (Å²) in [5.41, 5.74) is 6.81. The van der Waals surface area contributed by atoms with E-state index in [9.17, 15) is 4.39 Å². The van der Waals surface area contributed by atoms with Gasteiger partial charge in [0, 0.05) is 17.1 Å². The van der Waals surface area contributed by atoms with Crippen LogP contribution in [0.1, 0.15) is 9.88 Å². The third-order valence-corrected chi connectivity index (χ3v) is 3.71. The minimum Gasteiger partial charge on any atom is -0.397 e. The van der Waals surface area contributed by atoms with Crippen molar-refractivity contribution in [2.75, 3.05) is 11.1 Å². The second-order valence-corrected chi connectivity index (χ2v) is 5.75. The lowest BCUT2D eigenvalue weighted by Crippen LogP contribution is -2.02. The Morgan fingerprint density at radius 1 is 1.53 bits per heavy atom.